The summed E-state index contributed by atoms with van der Waals surface area (Å²) < 4.78 is 20.2. The minimum absolute atomic E-state index is 0.0277. The molecule has 0 aromatic heterocycles. The minimum Gasteiger partial charge on any atom is -0.462 e. The van der Waals surface area contributed by atoms with Gasteiger partial charge in [-0.05, 0) is 128 Å². The number of esters is 1. The molecule has 4 aliphatic rings. The van der Waals surface area contributed by atoms with Crippen molar-refractivity contribution in [2.24, 2.45) is 28.6 Å². The normalized spacial score (nSPS) is 31.0. The number of ketones is 1. The molecule has 0 aliphatic heterocycles. The van der Waals surface area contributed by atoms with Crippen LogP contribution in [0.15, 0.2) is 35.5 Å². The maximum absolute atomic E-state index is 13.7. The summed E-state index contributed by atoms with van der Waals surface area (Å²) in [6.07, 6.45) is 17.6. The van der Waals surface area contributed by atoms with Gasteiger partial charge in [0.25, 0.3) is 0 Å². The van der Waals surface area contributed by atoms with Crippen LogP contribution in [-0.4, -0.2) is 46.7 Å². The highest BCUT2D eigenvalue weighted by Gasteiger charge is 2.54. The third kappa shape index (κ3) is 9.56. The lowest BCUT2D eigenvalue weighted by Gasteiger charge is -2.46. The van der Waals surface area contributed by atoms with Crippen molar-refractivity contribution in [1.82, 2.24) is 0 Å². The summed E-state index contributed by atoms with van der Waals surface area (Å²) in [6, 6.07) is 0. The molecule has 4 fully saturated rings. The zero-order chi connectivity index (χ0) is 39.1. The van der Waals surface area contributed by atoms with Gasteiger partial charge in [0.1, 0.15) is 11.9 Å². The number of hydrogen-bond acceptors (Lipinski definition) is 5. The van der Waals surface area contributed by atoms with Crippen LogP contribution < -0.4 is 0 Å². The maximum Gasteiger partial charge on any atom is 0.302 e. The van der Waals surface area contributed by atoms with Crippen LogP contribution in [0, 0.1) is 28.6 Å². The molecule has 0 bridgehead atoms. The summed E-state index contributed by atoms with van der Waals surface area (Å²) >= 11 is 0. The molecule has 0 aromatic rings. The lowest BCUT2D eigenvalue weighted by Crippen LogP contribution is -2.49. The summed E-state index contributed by atoms with van der Waals surface area (Å²) in [4.78, 5) is 26.1. The highest BCUT2D eigenvalue weighted by molar-refractivity contribution is 6.74. The van der Waals surface area contributed by atoms with Crippen LogP contribution in [0.3, 0.4) is 0 Å². The highest BCUT2D eigenvalue weighted by atomic mass is 28.4. The van der Waals surface area contributed by atoms with Crippen LogP contribution in [0.5, 0.6) is 0 Å². The lowest BCUT2D eigenvalue weighted by atomic mass is 9.60. The summed E-state index contributed by atoms with van der Waals surface area (Å²) in [5.74, 6) is 1.11. The van der Waals surface area contributed by atoms with Crippen LogP contribution in [0.2, 0.25) is 36.3 Å². The number of carbonyl (C=O) groups is 2. The monoisotopic (exact) mass is 755 g/mol. The average molecular weight is 755 g/mol. The van der Waals surface area contributed by atoms with Gasteiger partial charge in [-0.25, -0.2) is 0 Å². The van der Waals surface area contributed by atoms with Gasteiger partial charge < -0.3 is 13.6 Å². The van der Waals surface area contributed by atoms with Crippen molar-refractivity contribution in [1.29, 1.82) is 0 Å². The van der Waals surface area contributed by atoms with Crippen molar-refractivity contribution >= 4 is 28.4 Å². The molecule has 7 atom stereocenters. The SMILES string of the molecule is C=C1/C(=C\C=C2/CCC[C@]3(C)[C@@H]([C@H](C)C(CC(=O)C4(CCCC)CC4)OC(C)=O)CC[C@@H]23)C[C@@H](O[Si](C)(C)C(C)(C)C)C[C@@H]1O[Si](C)(C)C(C)(C)C. The Morgan fingerprint density at radius 1 is 0.962 bits per heavy atom. The average Bonchev–Trinajstić information content (AvgIpc) is 3.72. The first-order valence-electron chi connectivity index (χ1n) is 21.0. The number of ether oxygens (including phenoxy) is 1. The second kappa shape index (κ2) is 16.1. The molecule has 7 heteroatoms. The van der Waals surface area contributed by atoms with E-state index in [1.807, 2.05) is 0 Å². The zero-order valence-electron chi connectivity index (χ0n) is 36.1. The highest BCUT2D eigenvalue weighted by Crippen LogP contribution is 2.60. The van der Waals surface area contributed by atoms with Gasteiger partial charge in [0, 0.05) is 25.2 Å². The lowest BCUT2D eigenvalue weighted by molar-refractivity contribution is -0.153. The molecule has 4 saturated carbocycles. The number of Topliss-reactive ketones (excluding diaryl/α,β-unsaturated/α-hetero) is 1. The molecule has 0 saturated heterocycles. The van der Waals surface area contributed by atoms with Crippen molar-refractivity contribution in [3.8, 4) is 0 Å². The van der Waals surface area contributed by atoms with E-state index in [0.29, 0.717) is 24.0 Å². The van der Waals surface area contributed by atoms with E-state index in [4.69, 9.17) is 20.2 Å². The van der Waals surface area contributed by atoms with E-state index in [2.05, 4.69) is 101 Å². The first-order chi connectivity index (χ1) is 23.9. The van der Waals surface area contributed by atoms with E-state index < -0.39 is 16.6 Å². The number of allylic oxidation sites excluding steroid dienone is 3. The first-order valence-corrected chi connectivity index (χ1v) is 26.8. The molecular formula is C45H78O5Si2. The summed E-state index contributed by atoms with van der Waals surface area (Å²) in [5.41, 5.74) is 3.93. The zero-order valence-corrected chi connectivity index (χ0v) is 38.1. The largest absolute Gasteiger partial charge is 0.462 e. The molecule has 0 amide bonds. The predicted octanol–water partition coefficient (Wildman–Crippen LogP) is 12.7. The van der Waals surface area contributed by atoms with Gasteiger partial charge in [-0.1, -0.05) is 99.5 Å². The van der Waals surface area contributed by atoms with Gasteiger partial charge in [0.05, 0.1) is 12.2 Å². The molecule has 0 heterocycles. The van der Waals surface area contributed by atoms with Crippen LogP contribution in [0.1, 0.15) is 153 Å². The molecule has 0 N–H and O–H groups in total. The van der Waals surface area contributed by atoms with E-state index in [-0.39, 0.29) is 51.1 Å². The third-order valence-electron chi connectivity index (χ3n) is 15.2. The molecule has 4 aliphatic carbocycles. The van der Waals surface area contributed by atoms with Gasteiger partial charge in [0.2, 0.25) is 0 Å². The Morgan fingerprint density at radius 2 is 1.58 bits per heavy atom. The van der Waals surface area contributed by atoms with E-state index in [0.717, 1.165) is 76.2 Å². The molecule has 0 aromatic carbocycles. The standard InChI is InChI=1S/C45H78O5Si2/c1-16-17-25-45(26-27-45)41(47)30-39(48-33(4)46)32(3)37-22-23-38-34(19-18-24-44(37,38)11)20-21-35-28-36(49-51(12,13)42(5,6)7)29-40(31(35)2)50-52(14,15)43(8,9)10/h20-21,32,36-40H,2,16-19,22-30H2,1,3-15H3/b34-20+,35-21-/t32-,36+,37+,38-,39?,40-,44+/m0/s1. The van der Waals surface area contributed by atoms with Crippen molar-refractivity contribution in [2.45, 2.75) is 207 Å². The van der Waals surface area contributed by atoms with Crippen LogP contribution in [-0.2, 0) is 23.2 Å². The van der Waals surface area contributed by atoms with E-state index in [9.17, 15) is 9.59 Å². The maximum atomic E-state index is 13.7. The molecule has 52 heavy (non-hydrogen) atoms. The number of rotatable bonds is 14. The Balaban J connectivity index is 1.59. The molecule has 296 valence electrons. The van der Waals surface area contributed by atoms with Gasteiger partial charge in [0.15, 0.2) is 16.6 Å². The minimum atomic E-state index is -2.03. The van der Waals surface area contributed by atoms with E-state index >= 15 is 0 Å². The quantitative estimate of drug-likeness (QED) is 0.131. The number of fused-ring (bicyclic) bond motifs is 1. The fourth-order valence-electron chi connectivity index (χ4n) is 9.45. The molecule has 0 spiro atoms. The molecule has 5 nitrogen and oxygen atoms in total. The van der Waals surface area contributed by atoms with Gasteiger partial charge in [-0.2, -0.15) is 0 Å². The Hall–Kier alpha value is -1.29. The fourth-order valence-corrected chi connectivity index (χ4v) is 12.1. The van der Waals surface area contributed by atoms with Crippen LogP contribution in [0.4, 0.5) is 0 Å². The van der Waals surface area contributed by atoms with Crippen molar-refractivity contribution in [2.75, 3.05) is 0 Å². The summed E-state index contributed by atoms with van der Waals surface area (Å²) in [6.45, 7) is 36.5. The third-order valence-corrected chi connectivity index (χ3v) is 24.2. The summed E-state index contributed by atoms with van der Waals surface area (Å²) in [5, 5.41) is 0.257. The molecular weight excluding hydrogens is 677 g/mol. The van der Waals surface area contributed by atoms with Crippen molar-refractivity contribution < 1.29 is 23.2 Å². The second-order valence-corrected chi connectivity index (χ2v) is 30.4. The Morgan fingerprint density at radius 3 is 2.13 bits per heavy atom. The smallest absolute Gasteiger partial charge is 0.302 e. The topological polar surface area (TPSA) is 61.8 Å². The van der Waals surface area contributed by atoms with Gasteiger partial charge in [-0.15, -0.1) is 0 Å². The fraction of sp³-hybridized carbons (Fsp3) is 0.822. The molecule has 1 unspecified atom stereocenters. The van der Waals surface area contributed by atoms with Gasteiger partial charge in [-0.3, -0.25) is 9.59 Å². The van der Waals surface area contributed by atoms with E-state index in [1.54, 1.807) is 5.57 Å². The van der Waals surface area contributed by atoms with Crippen molar-refractivity contribution in [3.63, 3.8) is 0 Å². The number of carbonyl (C=O) groups excluding carboxylic acids is 2. The van der Waals surface area contributed by atoms with Gasteiger partial charge >= 0.3 is 5.97 Å². The van der Waals surface area contributed by atoms with Crippen LogP contribution >= 0.6 is 0 Å². The second-order valence-electron chi connectivity index (χ2n) is 20.9. The first kappa shape index (κ1) is 43.4. The number of unbranched alkanes of at least 4 members (excludes halogenated alkanes) is 1. The Bertz CT molecular complexity index is 1370. The number of hydrogen-bond donors (Lipinski definition) is 0. The predicted molar refractivity (Wildman–Crippen MR) is 222 cm³/mol. The van der Waals surface area contributed by atoms with E-state index in [1.165, 1.54) is 18.9 Å². The Kier molecular flexibility index (Phi) is 13.4. The van der Waals surface area contributed by atoms with Crippen LogP contribution in [0.25, 0.3) is 0 Å². The molecule has 0 radical (unpaired) electrons. The summed E-state index contributed by atoms with van der Waals surface area (Å²) in [7, 11) is -4.02. The Labute approximate surface area is 321 Å². The molecule has 4 rings (SSSR count). The van der Waals surface area contributed by atoms with Crippen molar-refractivity contribution in [3.05, 3.63) is 35.5 Å².